The zero-order valence-electron chi connectivity index (χ0n) is 15.0. The fraction of sp³-hybridized carbons (Fsp3) is 0.0909. The van der Waals surface area contributed by atoms with E-state index in [9.17, 15) is 9.59 Å². The highest BCUT2D eigenvalue weighted by atomic mass is 32.1. The second-order valence-electron chi connectivity index (χ2n) is 6.25. The van der Waals surface area contributed by atoms with Gasteiger partial charge in [-0.2, -0.15) is 0 Å². The molecule has 0 aliphatic rings. The molecule has 0 aliphatic carbocycles. The molecule has 2 aromatic heterocycles. The van der Waals surface area contributed by atoms with Crippen molar-refractivity contribution in [3.63, 3.8) is 0 Å². The van der Waals surface area contributed by atoms with Crippen LogP contribution in [0.15, 0.2) is 77.4 Å². The molecule has 140 valence electrons. The average Bonchev–Trinajstić information content (AvgIpc) is 3.42. The summed E-state index contributed by atoms with van der Waals surface area (Å²) in [5.41, 5.74) is 1.07. The van der Waals surface area contributed by atoms with E-state index in [1.54, 1.807) is 18.2 Å². The van der Waals surface area contributed by atoms with Gasteiger partial charge in [0.05, 0.1) is 17.7 Å². The highest BCUT2D eigenvalue weighted by molar-refractivity contribution is 7.14. The Morgan fingerprint density at radius 1 is 0.857 bits per heavy atom. The number of urea groups is 1. The third-order valence-corrected chi connectivity index (χ3v) is 5.46. The van der Waals surface area contributed by atoms with Gasteiger partial charge >= 0.3 is 6.03 Å². The van der Waals surface area contributed by atoms with Gasteiger partial charge in [0, 0.05) is 11.4 Å². The minimum absolute atomic E-state index is 0.151. The smallest absolute Gasteiger partial charge is 0.315 e. The maximum absolute atomic E-state index is 12.2. The maximum atomic E-state index is 12.2. The quantitative estimate of drug-likeness (QED) is 0.468. The third-order valence-electron chi connectivity index (χ3n) is 4.37. The molecule has 5 nitrogen and oxygen atoms in total. The monoisotopic (exact) mass is 390 g/mol. The molecule has 0 bridgehead atoms. The van der Waals surface area contributed by atoms with Crippen LogP contribution in [-0.2, 0) is 13.1 Å². The van der Waals surface area contributed by atoms with Crippen molar-refractivity contribution in [1.82, 2.24) is 10.6 Å². The van der Waals surface area contributed by atoms with Crippen LogP contribution in [-0.4, -0.2) is 11.8 Å². The largest absolute Gasteiger partial charge is 0.461 e. The van der Waals surface area contributed by atoms with Crippen LogP contribution >= 0.6 is 11.3 Å². The number of fused-ring (bicyclic) bond motifs is 1. The summed E-state index contributed by atoms with van der Waals surface area (Å²) in [6, 6.07) is 20.8. The van der Waals surface area contributed by atoms with Gasteiger partial charge < -0.3 is 15.1 Å². The summed E-state index contributed by atoms with van der Waals surface area (Å²) in [6.45, 7) is 0.803. The number of amides is 2. The average molecular weight is 390 g/mol. The predicted octanol–water partition coefficient (Wildman–Crippen LogP) is 4.72. The number of ketones is 1. The summed E-state index contributed by atoms with van der Waals surface area (Å²) >= 11 is 1.35. The number of carbonyl (C=O) groups is 2. The summed E-state index contributed by atoms with van der Waals surface area (Å²) < 4.78 is 5.14. The van der Waals surface area contributed by atoms with Crippen LogP contribution in [0.1, 0.15) is 25.9 Å². The lowest BCUT2D eigenvalue weighted by Crippen LogP contribution is -2.34. The number of hydrogen-bond donors (Lipinski definition) is 2. The van der Waals surface area contributed by atoms with Gasteiger partial charge in [0.15, 0.2) is 5.76 Å². The van der Waals surface area contributed by atoms with E-state index in [4.69, 9.17) is 4.42 Å². The number of furan rings is 1. The highest BCUT2D eigenvalue weighted by Gasteiger charge is 2.14. The first-order valence-corrected chi connectivity index (χ1v) is 9.67. The summed E-state index contributed by atoms with van der Waals surface area (Å²) in [5.74, 6) is 0.163. The van der Waals surface area contributed by atoms with Crippen LogP contribution in [0.25, 0.3) is 10.8 Å². The van der Waals surface area contributed by atoms with E-state index in [1.165, 1.54) is 17.6 Å². The van der Waals surface area contributed by atoms with E-state index in [1.807, 2.05) is 36.4 Å². The van der Waals surface area contributed by atoms with Crippen molar-refractivity contribution in [2.45, 2.75) is 13.1 Å². The Kier molecular flexibility index (Phi) is 5.21. The van der Waals surface area contributed by atoms with Gasteiger partial charge in [-0.25, -0.2) is 4.79 Å². The maximum Gasteiger partial charge on any atom is 0.315 e. The van der Waals surface area contributed by atoms with Crippen LogP contribution in [0, 0.1) is 0 Å². The molecule has 28 heavy (non-hydrogen) atoms. The van der Waals surface area contributed by atoms with Crippen molar-refractivity contribution in [2.75, 3.05) is 0 Å². The van der Waals surface area contributed by atoms with Crippen molar-refractivity contribution >= 4 is 33.9 Å². The van der Waals surface area contributed by atoms with Crippen LogP contribution < -0.4 is 10.6 Å². The number of benzene rings is 2. The minimum Gasteiger partial charge on any atom is -0.461 e. The van der Waals surface area contributed by atoms with Crippen molar-refractivity contribution in [3.8, 4) is 0 Å². The molecule has 2 heterocycles. The Bertz CT molecular complexity index is 1110. The predicted molar refractivity (Wildman–Crippen MR) is 109 cm³/mol. The fourth-order valence-corrected chi connectivity index (χ4v) is 3.87. The molecule has 4 aromatic rings. The van der Waals surface area contributed by atoms with Crippen molar-refractivity contribution < 1.29 is 14.0 Å². The number of hydrogen-bond acceptors (Lipinski definition) is 4. The normalized spacial score (nSPS) is 10.7. The molecule has 0 unspecified atom stereocenters. The molecule has 6 heteroatoms. The lowest BCUT2D eigenvalue weighted by molar-refractivity contribution is 0.101. The molecule has 0 atom stereocenters. The molecule has 0 aliphatic heterocycles. The van der Waals surface area contributed by atoms with Gasteiger partial charge in [0.1, 0.15) is 0 Å². The first-order valence-electron chi connectivity index (χ1n) is 8.86. The van der Waals surface area contributed by atoms with Gasteiger partial charge in [0.2, 0.25) is 5.78 Å². The lowest BCUT2D eigenvalue weighted by Gasteiger charge is -2.09. The van der Waals surface area contributed by atoms with Crippen LogP contribution in [0.5, 0.6) is 0 Å². The van der Waals surface area contributed by atoms with Gasteiger partial charge in [0.25, 0.3) is 0 Å². The first-order chi connectivity index (χ1) is 13.7. The van der Waals surface area contributed by atoms with Gasteiger partial charge in [-0.05, 0) is 40.6 Å². The van der Waals surface area contributed by atoms with Crippen LogP contribution in [0.2, 0.25) is 0 Å². The molecular weight excluding hydrogens is 372 g/mol. The Hall–Kier alpha value is -3.38. The van der Waals surface area contributed by atoms with E-state index in [0.29, 0.717) is 23.7 Å². The van der Waals surface area contributed by atoms with Crippen LogP contribution in [0.3, 0.4) is 0 Å². The lowest BCUT2D eigenvalue weighted by atomic mass is 10.0. The van der Waals surface area contributed by atoms with Crippen molar-refractivity contribution in [1.29, 1.82) is 0 Å². The number of thiophene rings is 1. The first kappa shape index (κ1) is 18.0. The topological polar surface area (TPSA) is 71.3 Å². The summed E-state index contributed by atoms with van der Waals surface area (Å²) in [4.78, 5) is 25.9. The summed E-state index contributed by atoms with van der Waals surface area (Å²) in [7, 11) is 0. The molecule has 2 N–H and O–H groups in total. The molecule has 0 saturated carbocycles. The van der Waals surface area contributed by atoms with Gasteiger partial charge in [-0.3, -0.25) is 4.79 Å². The van der Waals surface area contributed by atoms with Crippen molar-refractivity contribution in [3.05, 3.63) is 94.1 Å². The molecule has 2 amide bonds. The second-order valence-corrected chi connectivity index (χ2v) is 7.42. The molecule has 0 saturated heterocycles. The Morgan fingerprint density at radius 3 is 2.54 bits per heavy atom. The van der Waals surface area contributed by atoms with E-state index < -0.39 is 0 Å². The van der Waals surface area contributed by atoms with Crippen molar-refractivity contribution in [2.24, 2.45) is 0 Å². The van der Waals surface area contributed by atoms with E-state index in [-0.39, 0.29) is 11.8 Å². The Balaban J connectivity index is 1.32. The van der Waals surface area contributed by atoms with E-state index in [0.717, 1.165) is 21.2 Å². The third kappa shape index (κ3) is 3.97. The van der Waals surface area contributed by atoms with Gasteiger partial charge in [-0.15, -0.1) is 11.3 Å². The SMILES string of the molecule is O=C(NCc1ccc(C(=O)c2ccco2)s1)NCc1cccc2ccccc12. The number of nitrogens with one attached hydrogen (secondary N) is 2. The molecule has 2 aromatic carbocycles. The highest BCUT2D eigenvalue weighted by Crippen LogP contribution is 2.20. The number of rotatable bonds is 6. The summed E-state index contributed by atoms with van der Waals surface area (Å²) in [6.07, 6.45) is 1.48. The minimum atomic E-state index is -0.250. The second kappa shape index (κ2) is 8.10. The fourth-order valence-electron chi connectivity index (χ4n) is 2.98. The summed E-state index contributed by atoms with van der Waals surface area (Å²) in [5, 5.41) is 7.99. The van der Waals surface area contributed by atoms with E-state index in [2.05, 4.69) is 22.8 Å². The molecule has 0 fully saturated rings. The molecular formula is C22H18N2O3S. The zero-order valence-corrected chi connectivity index (χ0v) is 15.8. The standard InChI is InChI=1S/C22H18N2O3S/c25-21(19-9-4-12-27-19)20-11-10-17(28-20)14-24-22(26)23-13-16-7-3-6-15-5-1-2-8-18(15)16/h1-12H,13-14H2,(H2,23,24,26). The molecule has 0 radical (unpaired) electrons. The molecule has 0 spiro atoms. The van der Waals surface area contributed by atoms with Gasteiger partial charge in [-0.1, -0.05) is 42.5 Å². The molecule has 4 rings (SSSR count). The van der Waals surface area contributed by atoms with E-state index >= 15 is 0 Å². The Labute approximate surface area is 166 Å². The zero-order chi connectivity index (χ0) is 19.3. The Morgan fingerprint density at radius 2 is 1.68 bits per heavy atom. The van der Waals surface area contributed by atoms with Crippen LogP contribution in [0.4, 0.5) is 4.79 Å². The number of carbonyl (C=O) groups excluding carboxylic acids is 2.